The molecule has 108 valence electrons. The van der Waals surface area contributed by atoms with E-state index in [2.05, 4.69) is 20.4 Å². The Hall–Kier alpha value is -1.83. The standard InChI is InChI=1S/C14H14N4O2S/c19-14(2-4-15-5-3-14)13-17-12(18-20-13)9-7-11-10(16-8-9)1-6-21-11/h1,6-8,15,19H,2-5H2. The highest BCUT2D eigenvalue weighted by Crippen LogP contribution is 2.31. The van der Waals surface area contributed by atoms with Crippen molar-refractivity contribution in [1.82, 2.24) is 20.4 Å². The molecule has 0 amide bonds. The maximum atomic E-state index is 10.6. The molecule has 0 saturated carbocycles. The van der Waals surface area contributed by atoms with Gasteiger partial charge in [-0.1, -0.05) is 5.16 Å². The lowest BCUT2D eigenvalue weighted by Gasteiger charge is -2.28. The van der Waals surface area contributed by atoms with E-state index in [0.29, 0.717) is 24.6 Å². The van der Waals surface area contributed by atoms with Crippen LogP contribution in [0.2, 0.25) is 0 Å². The third kappa shape index (κ3) is 2.23. The maximum Gasteiger partial charge on any atom is 0.259 e. The molecule has 3 aromatic rings. The summed E-state index contributed by atoms with van der Waals surface area (Å²) in [5.74, 6) is 0.769. The minimum atomic E-state index is -1.02. The molecule has 0 radical (unpaired) electrons. The van der Waals surface area contributed by atoms with Crippen LogP contribution < -0.4 is 5.32 Å². The first-order valence-electron chi connectivity index (χ1n) is 6.86. The molecule has 2 N–H and O–H groups in total. The zero-order valence-electron chi connectivity index (χ0n) is 11.2. The first-order chi connectivity index (χ1) is 10.2. The summed E-state index contributed by atoms with van der Waals surface area (Å²) in [6, 6.07) is 3.97. The number of aromatic nitrogens is 3. The molecule has 1 aliphatic heterocycles. The van der Waals surface area contributed by atoms with E-state index < -0.39 is 5.60 Å². The van der Waals surface area contributed by atoms with Gasteiger partial charge in [0.05, 0.1) is 10.2 Å². The SMILES string of the molecule is OC1(c2nc(-c3cnc4ccsc4c3)no2)CCNCC1. The van der Waals surface area contributed by atoms with Crippen LogP contribution in [0.5, 0.6) is 0 Å². The molecule has 0 unspecified atom stereocenters. The predicted octanol–water partition coefficient (Wildman–Crippen LogP) is 1.92. The van der Waals surface area contributed by atoms with E-state index in [4.69, 9.17) is 4.52 Å². The number of hydrogen-bond donors (Lipinski definition) is 2. The number of fused-ring (bicyclic) bond motifs is 1. The summed E-state index contributed by atoms with van der Waals surface area (Å²) < 4.78 is 6.37. The molecular weight excluding hydrogens is 288 g/mol. The van der Waals surface area contributed by atoms with Gasteiger partial charge in [-0.05, 0) is 43.4 Å². The Morgan fingerprint density at radius 2 is 2.19 bits per heavy atom. The summed E-state index contributed by atoms with van der Waals surface area (Å²) in [5.41, 5.74) is 0.749. The van der Waals surface area contributed by atoms with E-state index >= 15 is 0 Å². The second-order valence-corrected chi connectivity index (χ2v) is 6.18. The van der Waals surface area contributed by atoms with Gasteiger partial charge in [-0.25, -0.2) is 0 Å². The summed E-state index contributed by atoms with van der Waals surface area (Å²) in [4.78, 5) is 8.75. The van der Waals surface area contributed by atoms with Crippen LogP contribution in [-0.4, -0.2) is 33.3 Å². The minimum absolute atomic E-state index is 0.297. The van der Waals surface area contributed by atoms with Gasteiger partial charge in [0.25, 0.3) is 5.89 Å². The van der Waals surface area contributed by atoms with Crippen LogP contribution in [0.1, 0.15) is 18.7 Å². The van der Waals surface area contributed by atoms with Crippen molar-refractivity contribution in [2.45, 2.75) is 18.4 Å². The molecule has 0 aromatic carbocycles. The number of thiophene rings is 1. The Morgan fingerprint density at radius 3 is 3.05 bits per heavy atom. The highest BCUT2D eigenvalue weighted by Gasteiger charge is 2.37. The van der Waals surface area contributed by atoms with Gasteiger partial charge < -0.3 is 14.9 Å². The molecule has 0 bridgehead atoms. The molecule has 4 heterocycles. The average molecular weight is 302 g/mol. The molecule has 0 aliphatic carbocycles. The van der Waals surface area contributed by atoms with Crippen molar-refractivity contribution in [2.75, 3.05) is 13.1 Å². The number of piperidine rings is 1. The molecule has 1 fully saturated rings. The number of aliphatic hydroxyl groups is 1. The van der Waals surface area contributed by atoms with Crippen molar-refractivity contribution in [2.24, 2.45) is 0 Å². The fourth-order valence-corrected chi connectivity index (χ4v) is 3.33. The van der Waals surface area contributed by atoms with E-state index in [1.54, 1.807) is 17.5 Å². The van der Waals surface area contributed by atoms with Crippen molar-refractivity contribution in [1.29, 1.82) is 0 Å². The van der Waals surface area contributed by atoms with Crippen LogP contribution in [0.15, 0.2) is 28.2 Å². The topological polar surface area (TPSA) is 84.1 Å². The van der Waals surface area contributed by atoms with Crippen LogP contribution in [-0.2, 0) is 5.60 Å². The van der Waals surface area contributed by atoms with Crippen molar-refractivity contribution >= 4 is 21.6 Å². The molecule has 0 spiro atoms. The zero-order chi connectivity index (χ0) is 14.3. The van der Waals surface area contributed by atoms with Gasteiger partial charge in [-0.3, -0.25) is 4.98 Å². The fourth-order valence-electron chi connectivity index (χ4n) is 2.55. The monoisotopic (exact) mass is 302 g/mol. The highest BCUT2D eigenvalue weighted by molar-refractivity contribution is 7.17. The van der Waals surface area contributed by atoms with Crippen LogP contribution in [0, 0.1) is 0 Å². The van der Waals surface area contributed by atoms with Gasteiger partial charge in [0.1, 0.15) is 5.60 Å². The highest BCUT2D eigenvalue weighted by atomic mass is 32.1. The van der Waals surface area contributed by atoms with Crippen LogP contribution >= 0.6 is 11.3 Å². The van der Waals surface area contributed by atoms with Gasteiger partial charge in [0.15, 0.2) is 0 Å². The van der Waals surface area contributed by atoms with Gasteiger partial charge in [0, 0.05) is 11.8 Å². The summed E-state index contributed by atoms with van der Waals surface area (Å²) in [6.07, 6.45) is 2.89. The fraction of sp³-hybridized carbons (Fsp3) is 0.357. The van der Waals surface area contributed by atoms with Gasteiger partial charge in [-0.2, -0.15) is 4.98 Å². The Labute approximate surface area is 124 Å². The normalized spacial score (nSPS) is 18.1. The third-order valence-corrected chi connectivity index (χ3v) is 4.67. The van der Waals surface area contributed by atoms with Crippen molar-refractivity contribution in [3.05, 3.63) is 29.6 Å². The molecule has 1 aliphatic rings. The lowest BCUT2D eigenvalue weighted by Crippen LogP contribution is -2.39. The van der Waals surface area contributed by atoms with E-state index in [1.807, 2.05) is 17.5 Å². The Kier molecular flexibility index (Phi) is 2.99. The van der Waals surface area contributed by atoms with Crippen LogP contribution in [0.3, 0.4) is 0 Å². The Balaban J connectivity index is 1.70. The van der Waals surface area contributed by atoms with Gasteiger partial charge >= 0.3 is 0 Å². The molecule has 0 atom stereocenters. The first kappa shape index (κ1) is 12.9. The second-order valence-electron chi connectivity index (χ2n) is 5.23. The van der Waals surface area contributed by atoms with Crippen LogP contribution in [0.4, 0.5) is 0 Å². The van der Waals surface area contributed by atoms with Crippen molar-refractivity contribution in [3.63, 3.8) is 0 Å². The second kappa shape index (κ2) is 4.87. The quantitative estimate of drug-likeness (QED) is 0.752. The van der Waals surface area contributed by atoms with E-state index in [0.717, 1.165) is 28.9 Å². The third-order valence-electron chi connectivity index (χ3n) is 3.82. The maximum absolute atomic E-state index is 10.6. The lowest BCUT2D eigenvalue weighted by molar-refractivity contribution is -0.0228. The smallest absolute Gasteiger partial charge is 0.259 e. The minimum Gasteiger partial charge on any atom is -0.380 e. The number of nitrogens with zero attached hydrogens (tertiary/aromatic N) is 3. The number of rotatable bonds is 2. The van der Waals surface area contributed by atoms with Gasteiger partial charge in [0.2, 0.25) is 5.82 Å². The number of nitrogens with one attached hydrogen (secondary N) is 1. The molecule has 6 nitrogen and oxygen atoms in total. The predicted molar refractivity (Wildman–Crippen MR) is 78.9 cm³/mol. The molecule has 1 saturated heterocycles. The summed E-state index contributed by atoms with van der Waals surface area (Å²) in [7, 11) is 0. The summed E-state index contributed by atoms with van der Waals surface area (Å²) >= 11 is 1.62. The summed E-state index contributed by atoms with van der Waals surface area (Å²) in [6.45, 7) is 1.49. The molecule has 21 heavy (non-hydrogen) atoms. The van der Waals surface area contributed by atoms with E-state index in [9.17, 15) is 5.11 Å². The zero-order valence-corrected chi connectivity index (χ0v) is 12.1. The summed E-state index contributed by atoms with van der Waals surface area (Å²) in [5, 5.41) is 19.8. The van der Waals surface area contributed by atoms with Crippen molar-refractivity contribution < 1.29 is 9.63 Å². The molecule has 7 heteroatoms. The number of pyridine rings is 1. The molecular formula is C14H14N4O2S. The van der Waals surface area contributed by atoms with Crippen molar-refractivity contribution in [3.8, 4) is 11.4 Å². The largest absolute Gasteiger partial charge is 0.380 e. The van der Waals surface area contributed by atoms with E-state index in [1.165, 1.54) is 0 Å². The van der Waals surface area contributed by atoms with Gasteiger partial charge in [-0.15, -0.1) is 11.3 Å². The van der Waals surface area contributed by atoms with E-state index in [-0.39, 0.29) is 0 Å². The molecule has 3 aromatic heterocycles. The lowest BCUT2D eigenvalue weighted by atomic mass is 9.92. The Morgan fingerprint density at radius 1 is 1.33 bits per heavy atom. The average Bonchev–Trinajstić information content (AvgIpc) is 3.17. The van der Waals surface area contributed by atoms with Crippen LogP contribution in [0.25, 0.3) is 21.6 Å². The first-order valence-corrected chi connectivity index (χ1v) is 7.73. The number of hydrogen-bond acceptors (Lipinski definition) is 7. The molecule has 4 rings (SSSR count). The Bertz CT molecular complexity index is 776.